The van der Waals surface area contributed by atoms with Crippen molar-refractivity contribution in [3.8, 4) is 5.75 Å². The average molecular weight is 353 g/mol. The Hall–Kier alpha value is -1.000. The molecule has 0 saturated carbocycles. The van der Waals surface area contributed by atoms with E-state index in [0.29, 0.717) is 17.2 Å². The number of benzene rings is 2. The highest BCUT2D eigenvalue weighted by molar-refractivity contribution is 9.08. The molecule has 0 radical (unpaired) electrons. The molecule has 1 heterocycles. The van der Waals surface area contributed by atoms with E-state index in [1.165, 1.54) is 22.6 Å². The Labute approximate surface area is 130 Å². The van der Waals surface area contributed by atoms with Gasteiger partial charge >= 0.3 is 0 Å². The summed E-state index contributed by atoms with van der Waals surface area (Å²) in [6.45, 7) is 0.644. The summed E-state index contributed by atoms with van der Waals surface area (Å²) in [5.41, 5.74) is 2.25. The Bertz CT molecular complexity index is 592. The maximum atomic E-state index is 13.2. The number of fused-ring (bicyclic) bond motifs is 1. The summed E-state index contributed by atoms with van der Waals surface area (Å²) in [6, 6.07) is 13.1. The van der Waals surface area contributed by atoms with Gasteiger partial charge in [0.2, 0.25) is 0 Å². The molecule has 2 aromatic rings. The van der Waals surface area contributed by atoms with E-state index in [1.54, 1.807) is 6.07 Å². The van der Waals surface area contributed by atoms with Crippen molar-refractivity contribution < 1.29 is 9.13 Å². The first-order chi connectivity index (χ1) is 9.76. The van der Waals surface area contributed by atoms with Gasteiger partial charge in [0.15, 0.2) is 0 Å². The van der Waals surface area contributed by atoms with Crippen LogP contribution in [0.15, 0.2) is 47.4 Å². The maximum Gasteiger partial charge on any atom is 0.123 e. The third kappa shape index (κ3) is 3.01. The van der Waals surface area contributed by atoms with Crippen molar-refractivity contribution in [2.45, 2.75) is 21.9 Å². The zero-order valence-corrected chi connectivity index (χ0v) is 13.2. The highest BCUT2D eigenvalue weighted by atomic mass is 79.9. The lowest BCUT2D eigenvalue weighted by molar-refractivity contribution is 0.315. The number of halogens is 2. The van der Waals surface area contributed by atoms with Gasteiger partial charge in [0.25, 0.3) is 0 Å². The van der Waals surface area contributed by atoms with Crippen molar-refractivity contribution in [3.05, 3.63) is 59.4 Å². The molecule has 0 N–H and O–H groups in total. The van der Waals surface area contributed by atoms with Crippen LogP contribution in [0.4, 0.5) is 4.39 Å². The lowest BCUT2D eigenvalue weighted by atomic mass is 10.1. The van der Waals surface area contributed by atoms with E-state index >= 15 is 0 Å². The van der Waals surface area contributed by atoms with Crippen LogP contribution in [0.5, 0.6) is 5.75 Å². The normalized spacial score (nSPS) is 17.0. The van der Waals surface area contributed by atoms with Gasteiger partial charge in [0.1, 0.15) is 18.2 Å². The molecule has 0 amide bonds. The standard InChI is InChI=1S/C16H14BrFOS/c17-9-12-7-13(18)5-6-15(12)19-10-14-8-11-3-1-2-4-16(11)20-14/h1-7,14H,8-10H2. The molecular weight excluding hydrogens is 339 g/mol. The smallest absolute Gasteiger partial charge is 0.123 e. The average Bonchev–Trinajstić information content (AvgIpc) is 2.88. The minimum atomic E-state index is -0.227. The molecule has 104 valence electrons. The van der Waals surface area contributed by atoms with Crippen molar-refractivity contribution in [1.29, 1.82) is 0 Å². The predicted molar refractivity (Wildman–Crippen MR) is 84.3 cm³/mol. The fourth-order valence-electron chi connectivity index (χ4n) is 2.32. The molecule has 0 aromatic heterocycles. The summed E-state index contributed by atoms with van der Waals surface area (Å²) < 4.78 is 19.1. The van der Waals surface area contributed by atoms with Crippen LogP contribution in [0.25, 0.3) is 0 Å². The van der Waals surface area contributed by atoms with Crippen LogP contribution in [-0.2, 0) is 11.8 Å². The zero-order chi connectivity index (χ0) is 13.9. The maximum absolute atomic E-state index is 13.2. The number of thioether (sulfide) groups is 1. The summed E-state index contributed by atoms with van der Waals surface area (Å²) in [6.07, 6.45) is 1.03. The van der Waals surface area contributed by atoms with Gasteiger partial charge in [0, 0.05) is 21.0 Å². The molecule has 0 spiro atoms. The summed E-state index contributed by atoms with van der Waals surface area (Å²) in [5.74, 6) is 0.536. The van der Waals surface area contributed by atoms with Gasteiger partial charge in [-0.3, -0.25) is 0 Å². The van der Waals surface area contributed by atoms with Crippen molar-refractivity contribution in [1.82, 2.24) is 0 Å². The van der Waals surface area contributed by atoms with Gasteiger partial charge < -0.3 is 4.74 Å². The molecule has 2 aromatic carbocycles. The molecule has 1 nitrogen and oxygen atoms in total. The predicted octanol–water partition coefficient (Wildman–Crippen LogP) is 4.82. The monoisotopic (exact) mass is 352 g/mol. The van der Waals surface area contributed by atoms with Gasteiger partial charge in [0.05, 0.1) is 0 Å². The van der Waals surface area contributed by atoms with Crippen molar-refractivity contribution in [2.24, 2.45) is 0 Å². The van der Waals surface area contributed by atoms with Crippen LogP contribution in [0.2, 0.25) is 0 Å². The second-order valence-electron chi connectivity index (χ2n) is 4.75. The molecule has 3 rings (SSSR count). The van der Waals surface area contributed by atoms with Crippen LogP contribution in [0, 0.1) is 5.82 Å². The second-order valence-corrected chi connectivity index (χ2v) is 6.65. The fourth-order valence-corrected chi connectivity index (χ4v) is 3.98. The molecule has 1 aliphatic heterocycles. The van der Waals surface area contributed by atoms with Crippen LogP contribution >= 0.6 is 27.7 Å². The first-order valence-corrected chi connectivity index (χ1v) is 8.48. The number of ether oxygens (including phenoxy) is 1. The number of hydrogen-bond donors (Lipinski definition) is 0. The van der Waals surface area contributed by atoms with E-state index in [0.717, 1.165) is 17.7 Å². The van der Waals surface area contributed by atoms with Crippen LogP contribution in [0.3, 0.4) is 0 Å². The van der Waals surface area contributed by atoms with Crippen molar-refractivity contribution in [3.63, 3.8) is 0 Å². The van der Waals surface area contributed by atoms with Crippen molar-refractivity contribution in [2.75, 3.05) is 6.61 Å². The fraction of sp³-hybridized carbons (Fsp3) is 0.250. The van der Waals surface area contributed by atoms with E-state index in [9.17, 15) is 4.39 Å². The van der Waals surface area contributed by atoms with Gasteiger partial charge in [-0.1, -0.05) is 34.1 Å². The number of rotatable bonds is 4. The first-order valence-electron chi connectivity index (χ1n) is 6.48. The van der Waals surface area contributed by atoms with Gasteiger partial charge in [-0.2, -0.15) is 0 Å². The van der Waals surface area contributed by atoms with Gasteiger partial charge in [-0.15, -0.1) is 11.8 Å². The number of hydrogen-bond acceptors (Lipinski definition) is 2. The quantitative estimate of drug-likeness (QED) is 0.729. The molecule has 1 atom stereocenters. The molecule has 0 saturated heterocycles. The van der Waals surface area contributed by atoms with Crippen molar-refractivity contribution >= 4 is 27.7 Å². The minimum Gasteiger partial charge on any atom is -0.492 e. The Morgan fingerprint density at radius 2 is 2.10 bits per heavy atom. The summed E-state index contributed by atoms with van der Waals surface area (Å²) in [4.78, 5) is 1.35. The SMILES string of the molecule is Fc1ccc(OCC2Cc3ccccc3S2)c(CBr)c1. The van der Waals surface area contributed by atoms with Crippen LogP contribution in [0.1, 0.15) is 11.1 Å². The second kappa shape index (κ2) is 6.19. The molecule has 1 unspecified atom stereocenters. The molecule has 20 heavy (non-hydrogen) atoms. The largest absolute Gasteiger partial charge is 0.492 e. The molecule has 0 aliphatic carbocycles. The van der Waals surface area contributed by atoms with E-state index in [4.69, 9.17) is 4.74 Å². The van der Waals surface area contributed by atoms with E-state index in [2.05, 4.69) is 40.2 Å². The minimum absolute atomic E-state index is 0.227. The first kappa shape index (κ1) is 14.0. The van der Waals surface area contributed by atoms with E-state index in [-0.39, 0.29) is 5.82 Å². The van der Waals surface area contributed by atoms with Gasteiger partial charge in [-0.25, -0.2) is 4.39 Å². The summed E-state index contributed by atoms with van der Waals surface area (Å²) in [7, 11) is 0. The highest BCUT2D eigenvalue weighted by Gasteiger charge is 2.22. The lowest BCUT2D eigenvalue weighted by Gasteiger charge is -2.13. The topological polar surface area (TPSA) is 9.23 Å². The molecule has 4 heteroatoms. The van der Waals surface area contributed by atoms with Crippen LogP contribution in [-0.4, -0.2) is 11.9 Å². The Balaban J connectivity index is 1.64. The van der Waals surface area contributed by atoms with Gasteiger partial charge in [-0.05, 0) is 36.2 Å². The number of alkyl halides is 1. The Kier molecular flexibility index (Phi) is 4.32. The summed E-state index contributed by atoms with van der Waals surface area (Å²) >= 11 is 5.23. The highest BCUT2D eigenvalue weighted by Crippen LogP contribution is 2.37. The van der Waals surface area contributed by atoms with Crippen LogP contribution < -0.4 is 4.74 Å². The zero-order valence-electron chi connectivity index (χ0n) is 10.8. The molecule has 0 fully saturated rings. The third-order valence-corrected chi connectivity index (χ3v) is 5.20. The van der Waals surface area contributed by atoms with E-state index in [1.807, 2.05) is 11.8 Å². The Morgan fingerprint density at radius 3 is 2.90 bits per heavy atom. The molecular formula is C16H14BrFOS. The molecule has 1 aliphatic rings. The third-order valence-electron chi connectivity index (χ3n) is 3.31. The lowest BCUT2D eigenvalue weighted by Crippen LogP contribution is -2.14. The summed E-state index contributed by atoms with van der Waals surface area (Å²) in [5, 5.41) is 1.03. The van der Waals surface area contributed by atoms with E-state index < -0.39 is 0 Å². The molecule has 0 bridgehead atoms. The Morgan fingerprint density at radius 1 is 1.25 bits per heavy atom.